The Bertz CT molecular complexity index is 1260. The molecule has 0 aliphatic rings. The Morgan fingerprint density at radius 3 is 1.48 bits per heavy atom. The molecule has 0 saturated carbocycles. The van der Waals surface area contributed by atoms with Gasteiger partial charge in [-0.05, 0) is 77.0 Å². The smallest absolute Gasteiger partial charge is 0.472 e. The van der Waals surface area contributed by atoms with E-state index in [0.717, 1.165) is 64.2 Å². The molecule has 0 amide bonds. The fourth-order valence-corrected chi connectivity index (χ4v) is 6.23. The summed E-state index contributed by atoms with van der Waals surface area (Å²) in [6.45, 7) is 2.68. The van der Waals surface area contributed by atoms with E-state index in [-0.39, 0.29) is 19.4 Å². The molecule has 332 valence electrons. The first kappa shape index (κ1) is 54.9. The van der Waals surface area contributed by atoms with E-state index in [2.05, 4.69) is 79.1 Å². The minimum Gasteiger partial charge on any atom is -0.480 e. The Balaban J connectivity index is 4.52. The van der Waals surface area contributed by atoms with Gasteiger partial charge in [0.05, 0.1) is 13.2 Å². The number of hydrogen-bond acceptors (Lipinski definition) is 9. The minimum absolute atomic E-state index is 0.0330. The second-order valence-electron chi connectivity index (χ2n) is 14.5. The molecule has 0 bridgehead atoms. The van der Waals surface area contributed by atoms with Gasteiger partial charge < -0.3 is 25.2 Å². The lowest BCUT2D eigenvalue weighted by atomic mass is 10.1. The van der Waals surface area contributed by atoms with Crippen LogP contribution in [-0.2, 0) is 37.5 Å². The largest absolute Gasteiger partial charge is 0.480 e. The Morgan fingerprint density at radius 1 is 0.534 bits per heavy atom. The predicted molar refractivity (Wildman–Crippen MR) is 235 cm³/mol. The number of carboxylic acids is 1. The van der Waals surface area contributed by atoms with Crippen LogP contribution in [-0.4, -0.2) is 59.9 Å². The molecule has 1 unspecified atom stereocenters. The molecule has 0 aromatic heterocycles. The maximum Gasteiger partial charge on any atom is 0.472 e. The molecule has 11 nitrogen and oxygen atoms in total. The van der Waals surface area contributed by atoms with Crippen LogP contribution < -0.4 is 5.73 Å². The van der Waals surface area contributed by atoms with Crippen LogP contribution in [0, 0.1) is 0 Å². The first-order chi connectivity index (χ1) is 28.1. The zero-order valence-corrected chi connectivity index (χ0v) is 36.8. The Hall–Kier alpha value is -3.08. The predicted octanol–water partition coefficient (Wildman–Crippen LogP) is 11.7. The van der Waals surface area contributed by atoms with Crippen molar-refractivity contribution in [1.82, 2.24) is 0 Å². The normalized spacial score (nSPS) is 14.4. The first-order valence-corrected chi connectivity index (χ1v) is 23.5. The molecule has 3 atom stereocenters. The quantitative estimate of drug-likeness (QED) is 0.0232. The summed E-state index contributed by atoms with van der Waals surface area (Å²) in [5.41, 5.74) is 5.33. The highest BCUT2D eigenvalue weighted by molar-refractivity contribution is 7.47. The van der Waals surface area contributed by atoms with E-state index in [4.69, 9.17) is 24.8 Å². The van der Waals surface area contributed by atoms with E-state index in [1.807, 2.05) is 12.2 Å². The molecule has 4 N–H and O–H groups in total. The summed E-state index contributed by atoms with van der Waals surface area (Å²) in [6.07, 6.45) is 48.4. The van der Waals surface area contributed by atoms with Gasteiger partial charge in [0.15, 0.2) is 6.10 Å². The van der Waals surface area contributed by atoms with Crippen LogP contribution in [0.25, 0.3) is 0 Å². The highest BCUT2D eigenvalue weighted by atomic mass is 31.2. The average Bonchev–Trinajstić information content (AvgIpc) is 3.20. The summed E-state index contributed by atoms with van der Waals surface area (Å²) >= 11 is 0. The fourth-order valence-electron chi connectivity index (χ4n) is 5.45. The molecule has 0 radical (unpaired) electrons. The molecule has 0 aromatic carbocycles. The Labute approximate surface area is 350 Å². The third-order valence-corrected chi connectivity index (χ3v) is 9.89. The number of esters is 2. The van der Waals surface area contributed by atoms with E-state index in [9.17, 15) is 23.8 Å². The summed E-state index contributed by atoms with van der Waals surface area (Å²) in [4.78, 5) is 45.9. The SMILES string of the molecule is CCCCC/C=C/C/C=C/C/C=C/C/C=C/C/C=C/CCC(=O)O[C@H](COC(=O)CCCCCCC/C=C/CCCCCCCC)COP(=O)(O)OC[C@H](N)C(=O)O. The summed E-state index contributed by atoms with van der Waals surface area (Å²) < 4.78 is 32.6. The van der Waals surface area contributed by atoms with E-state index in [0.29, 0.717) is 19.3 Å². The van der Waals surface area contributed by atoms with Gasteiger partial charge in [-0.3, -0.25) is 23.4 Å². The number of allylic oxidation sites excluding steroid dienone is 12. The average molecular weight is 836 g/mol. The van der Waals surface area contributed by atoms with Crippen molar-refractivity contribution in [1.29, 1.82) is 0 Å². The van der Waals surface area contributed by atoms with Crippen molar-refractivity contribution < 1.29 is 47.5 Å². The topological polar surface area (TPSA) is 172 Å². The number of ether oxygens (including phenoxy) is 2. The lowest BCUT2D eigenvalue weighted by Gasteiger charge is -2.20. The summed E-state index contributed by atoms with van der Waals surface area (Å²) in [5.74, 6) is -2.50. The minimum atomic E-state index is -4.74. The maximum atomic E-state index is 12.6. The van der Waals surface area contributed by atoms with Gasteiger partial charge >= 0.3 is 25.7 Å². The number of carbonyl (C=O) groups excluding carboxylic acids is 2. The van der Waals surface area contributed by atoms with Crippen molar-refractivity contribution in [3.8, 4) is 0 Å². The molecule has 0 spiro atoms. The second-order valence-corrected chi connectivity index (χ2v) is 15.9. The standard InChI is InChI=1S/C46H78NO10P/c1-3-5-7-9-11-13-15-17-19-20-21-22-24-26-28-30-32-34-36-38-45(49)57-42(40-55-58(52,53)56-41-43(47)46(50)51)39-54-44(48)37-35-33-31-29-27-25-23-18-16-14-12-10-8-6-4-2/h11,13,17-19,21-23,26,28,32,34,42-43H,3-10,12,14-16,20,24-25,27,29-31,33,35-41,47H2,1-2H3,(H,50,51)(H,52,53)/b13-11+,19-17+,22-21+,23-18+,28-26+,34-32+/t42-,43+/m1/s1. The first-order valence-electron chi connectivity index (χ1n) is 22.0. The van der Waals surface area contributed by atoms with Crippen molar-refractivity contribution in [2.45, 2.75) is 180 Å². The van der Waals surface area contributed by atoms with E-state index in [1.54, 1.807) is 0 Å². The van der Waals surface area contributed by atoms with Crippen LogP contribution in [0.3, 0.4) is 0 Å². The van der Waals surface area contributed by atoms with Gasteiger partial charge in [-0.15, -0.1) is 0 Å². The number of phosphoric acid groups is 1. The van der Waals surface area contributed by atoms with Crippen molar-refractivity contribution in [2.24, 2.45) is 5.73 Å². The molecule has 0 heterocycles. The molecule has 0 rings (SSSR count). The van der Waals surface area contributed by atoms with Crippen LogP contribution in [0.1, 0.15) is 168 Å². The van der Waals surface area contributed by atoms with Crippen molar-refractivity contribution in [3.63, 3.8) is 0 Å². The third kappa shape index (κ3) is 39.7. The molecular formula is C46H78NO10P. The molecule has 0 fully saturated rings. The van der Waals surface area contributed by atoms with Crippen LogP contribution in [0.4, 0.5) is 0 Å². The van der Waals surface area contributed by atoms with E-state index in [1.165, 1.54) is 57.8 Å². The second kappa shape index (κ2) is 40.7. The fraction of sp³-hybridized carbons (Fsp3) is 0.674. The van der Waals surface area contributed by atoms with Crippen molar-refractivity contribution in [2.75, 3.05) is 19.8 Å². The Kier molecular flexibility index (Phi) is 38.5. The van der Waals surface area contributed by atoms with Crippen LogP contribution in [0.15, 0.2) is 72.9 Å². The van der Waals surface area contributed by atoms with Crippen molar-refractivity contribution in [3.05, 3.63) is 72.9 Å². The highest BCUT2D eigenvalue weighted by Gasteiger charge is 2.28. The summed E-state index contributed by atoms with van der Waals surface area (Å²) in [5, 5.41) is 8.89. The van der Waals surface area contributed by atoms with Gasteiger partial charge in [0.25, 0.3) is 0 Å². The van der Waals surface area contributed by atoms with Gasteiger partial charge in [-0.25, -0.2) is 4.57 Å². The third-order valence-electron chi connectivity index (χ3n) is 8.94. The van der Waals surface area contributed by atoms with Gasteiger partial charge in [-0.2, -0.15) is 0 Å². The van der Waals surface area contributed by atoms with Gasteiger partial charge in [0.1, 0.15) is 12.6 Å². The van der Waals surface area contributed by atoms with Crippen LogP contribution >= 0.6 is 7.82 Å². The lowest BCUT2D eigenvalue weighted by molar-refractivity contribution is -0.161. The van der Waals surface area contributed by atoms with E-state index < -0.39 is 51.1 Å². The molecule has 0 saturated heterocycles. The summed E-state index contributed by atoms with van der Waals surface area (Å²) in [6, 6.07) is -1.54. The molecule has 0 aliphatic heterocycles. The number of hydrogen-bond donors (Lipinski definition) is 3. The van der Waals surface area contributed by atoms with Gasteiger partial charge in [-0.1, -0.05) is 151 Å². The Morgan fingerprint density at radius 2 is 0.948 bits per heavy atom. The monoisotopic (exact) mass is 836 g/mol. The number of phosphoric ester groups is 1. The number of carbonyl (C=O) groups is 3. The molecule has 58 heavy (non-hydrogen) atoms. The van der Waals surface area contributed by atoms with Gasteiger partial charge in [0.2, 0.25) is 0 Å². The van der Waals surface area contributed by atoms with Crippen LogP contribution in [0.5, 0.6) is 0 Å². The zero-order chi connectivity index (χ0) is 42.8. The number of nitrogens with two attached hydrogens (primary N) is 1. The lowest BCUT2D eigenvalue weighted by Crippen LogP contribution is -2.34. The molecule has 12 heteroatoms. The number of rotatable bonds is 40. The zero-order valence-electron chi connectivity index (χ0n) is 35.9. The number of aliphatic carboxylic acids is 1. The molecule has 0 aliphatic carbocycles. The maximum absolute atomic E-state index is 12.6. The van der Waals surface area contributed by atoms with E-state index >= 15 is 0 Å². The van der Waals surface area contributed by atoms with Crippen molar-refractivity contribution >= 4 is 25.7 Å². The number of unbranched alkanes of at least 4 members (excludes halogenated alkanes) is 14. The highest BCUT2D eigenvalue weighted by Crippen LogP contribution is 2.43. The number of carboxylic acid groups (broad SMARTS) is 1. The molecule has 0 aromatic rings. The van der Waals surface area contributed by atoms with Crippen LogP contribution in [0.2, 0.25) is 0 Å². The van der Waals surface area contributed by atoms with Gasteiger partial charge in [0, 0.05) is 12.8 Å². The molecular weight excluding hydrogens is 757 g/mol. The summed E-state index contributed by atoms with van der Waals surface area (Å²) in [7, 11) is -4.74.